The van der Waals surface area contributed by atoms with Crippen LogP contribution in [0.25, 0.3) is 0 Å². The lowest BCUT2D eigenvalue weighted by Crippen LogP contribution is -2.46. The predicted molar refractivity (Wildman–Crippen MR) is 97.5 cm³/mol. The first-order valence-electron chi connectivity index (χ1n) is 6.87. The van der Waals surface area contributed by atoms with Crippen LogP contribution in [0.5, 0.6) is 0 Å². The average molecular weight is 425 g/mol. The molecule has 25 heavy (non-hydrogen) atoms. The number of benzene rings is 2. The highest BCUT2D eigenvalue weighted by Gasteiger charge is 2.51. The molecule has 130 valence electrons. The van der Waals surface area contributed by atoms with Gasteiger partial charge in [0, 0.05) is 23.7 Å². The van der Waals surface area contributed by atoms with Crippen molar-refractivity contribution in [1.29, 1.82) is 0 Å². The van der Waals surface area contributed by atoms with Crippen LogP contribution in [-0.2, 0) is 0 Å². The van der Waals surface area contributed by atoms with E-state index >= 15 is 0 Å². The van der Waals surface area contributed by atoms with Gasteiger partial charge in [-0.25, -0.2) is 8.78 Å². The zero-order chi connectivity index (χ0) is 18.4. The second kappa shape index (κ2) is 6.83. The van der Waals surface area contributed by atoms with Crippen LogP contribution in [0.15, 0.2) is 52.2 Å². The molecule has 1 aliphatic heterocycles. The average Bonchev–Trinajstić information content (AvgIpc) is 2.78. The van der Waals surface area contributed by atoms with E-state index in [4.69, 9.17) is 46.4 Å². The Morgan fingerprint density at radius 1 is 0.880 bits per heavy atom. The number of aliphatic hydroxyl groups excluding tert-OH is 1. The highest BCUT2D eigenvalue weighted by atomic mass is 35.5. The molecule has 2 aromatic carbocycles. The van der Waals surface area contributed by atoms with Gasteiger partial charge in [-0.15, -0.1) is 0 Å². The van der Waals surface area contributed by atoms with Crippen LogP contribution in [0, 0.1) is 11.6 Å². The molecule has 1 aliphatic rings. The molecular formula is C16H9Cl4F2N2O+. The van der Waals surface area contributed by atoms with E-state index in [1.54, 1.807) is 0 Å². The van der Waals surface area contributed by atoms with Crippen LogP contribution in [0.2, 0.25) is 10.0 Å². The molecule has 0 fully saturated rings. The van der Waals surface area contributed by atoms with Crippen molar-refractivity contribution in [2.45, 2.75) is 0 Å². The molecule has 0 bridgehead atoms. The minimum absolute atomic E-state index is 0.00561. The van der Waals surface area contributed by atoms with Gasteiger partial charge in [-0.3, -0.25) is 0 Å². The van der Waals surface area contributed by atoms with Crippen molar-refractivity contribution in [3.63, 3.8) is 0 Å². The highest BCUT2D eigenvalue weighted by molar-refractivity contribution is 6.69. The van der Waals surface area contributed by atoms with Gasteiger partial charge >= 0.3 is 5.29 Å². The standard InChI is InChI=1S/C16H9Cl4F2N2O/c17-10-5-8(21)1-3-12(10)24(13-4-2-9(22)6-11(13)18)14(7-25)15(19)23-16(24)20/h1-6,25H,7H2/q+1. The number of hydrogen-bond acceptors (Lipinski definition) is 2. The van der Waals surface area contributed by atoms with Gasteiger partial charge in [0.1, 0.15) is 28.3 Å². The first kappa shape index (κ1) is 18.6. The molecule has 2 aromatic rings. The van der Waals surface area contributed by atoms with E-state index in [9.17, 15) is 13.9 Å². The zero-order valence-corrected chi connectivity index (χ0v) is 15.3. The largest absolute Gasteiger partial charge is 0.386 e. The first-order chi connectivity index (χ1) is 11.8. The lowest BCUT2D eigenvalue weighted by atomic mass is 10.1. The van der Waals surface area contributed by atoms with Gasteiger partial charge in [-0.1, -0.05) is 34.8 Å². The van der Waals surface area contributed by atoms with Crippen molar-refractivity contribution < 1.29 is 13.9 Å². The summed E-state index contributed by atoms with van der Waals surface area (Å²) in [5.41, 5.74) is 0.656. The summed E-state index contributed by atoms with van der Waals surface area (Å²) < 4.78 is 26.5. The molecule has 3 nitrogen and oxygen atoms in total. The molecule has 0 aromatic heterocycles. The fraction of sp³-hybridized carbons (Fsp3) is 0.0625. The summed E-state index contributed by atoms with van der Waals surface area (Å²) in [6.45, 7) is -0.542. The van der Waals surface area contributed by atoms with Gasteiger partial charge in [0.25, 0.3) is 0 Å². The molecule has 0 unspecified atom stereocenters. The number of amidine groups is 1. The number of rotatable bonds is 3. The van der Waals surface area contributed by atoms with Crippen LogP contribution in [-0.4, -0.2) is 17.0 Å². The highest BCUT2D eigenvalue weighted by Crippen LogP contribution is 2.51. The smallest absolute Gasteiger partial charge is 0.317 e. The van der Waals surface area contributed by atoms with Crippen LogP contribution < -0.4 is 4.48 Å². The van der Waals surface area contributed by atoms with E-state index < -0.39 is 22.7 Å². The Hall–Kier alpha value is -1.21. The van der Waals surface area contributed by atoms with Crippen LogP contribution in [0.4, 0.5) is 20.2 Å². The third-order valence-corrected chi connectivity index (χ3v) is 5.05. The normalized spacial score (nSPS) is 16.4. The summed E-state index contributed by atoms with van der Waals surface area (Å²) in [4.78, 5) is 4.01. The second-order valence-electron chi connectivity index (χ2n) is 5.14. The van der Waals surface area contributed by atoms with E-state index in [1.165, 1.54) is 24.3 Å². The number of nitrogens with zero attached hydrogens (tertiary/aromatic N) is 2. The summed E-state index contributed by atoms with van der Waals surface area (Å²) in [5, 5.41) is 9.73. The molecule has 0 radical (unpaired) electrons. The molecule has 3 rings (SSSR count). The molecule has 0 saturated carbocycles. The molecule has 0 atom stereocenters. The van der Waals surface area contributed by atoms with Gasteiger partial charge < -0.3 is 5.11 Å². The van der Waals surface area contributed by atoms with Crippen LogP contribution in [0.3, 0.4) is 0 Å². The molecule has 0 spiro atoms. The van der Waals surface area contributed by atoms with Gasteiger partial charge in [-0.05, 0) is 24.3 Å². The Morgan fingerprint density at radius 2 is 1.36 bits per heavy atom. The topological polar surface area (TPSA) is 32.6 Å². The maximum atomic E-state index is 13.5. The van der Waals surface area contributed by atoms with Crippen molar-refractivity contribution in [2.24, 2.45) is 4.99 Å². The summed E-state index contributed by atoms with van der Waals surface area (Å²) in [6, 6.07) is 7.26. The number of aliphatic hydroxyl groups is 1. The maximum Gasteiger partial charge on any atom is 0.317 e. The van der Waals surface area contributed by atoms with Gasteiger partial charge in [0.15, 0.2) is 22.2 Å². The maximum absolute atomic E-state index is 13.5. The molecule has 0 aliphatic carbocycles. The molecular weight excluding hydrogens is 416 g/mol. The van der Waals surface area contributed by atoms with E-state index in [2.05, 4.69) is 4.99 Å². The number of aliphatic imine (C=N–C) groups is 1. The van der Waals surface area contributed by atoms with Gasteiger partial charge in [0.05, 0.1) is 0 Å². The predicted octanol–water partition coefficient (Wildman–Crippen LogP) is 5.92. The van der Waals surface area contributed by atoms with Crippen LogP contribution in [0.1, 0.15) is 0 Å². The van der Waals surface area contributed by atoms with Crippen LogP contribution >= 0.6 is 46.4 Å². The third kappa shape index (κ3) is 2.85. The van der Waals surface area contributed by atoms with Crippen molar-refractivity contribution in [3.8, 4) is 0 Å². The summed E-state index contributed by atoms with van der Waals surface area (Å²) in [5.74, 6) is -1.13. The summed E-state index contributed by atoms with van der Waals surface area (Å²) in [7, 11) is 0. The lowest BCUT2D eigenvalue weighted by Gasteiger charge is -2.33. The second-order valence-corrected chi connectivity index (χ2v) is 6.65. The van der Waals surface area contributed by atoms with Gasteiger partial charge in [0.2, 0.25) is 0 Å². The van der Waals surface area contributed by atoms with Gasteiger partial charge in [-0.2, -0.15) is 9.48 Å². The minimum atomic E-state index is -0.565. The molecule has 0 amide bonds. The fourth-order valence-corrected chi connectivity index (χ4v) is 4.03. The Balaban J connectivity index is 2.44. The molecule has 1 N–H and O–H groups in total. The van der Waals surface area contributed by atoms with E-state index in [-0.39, 0.29) is 37.6 Å². The van der Waals surface area contributed by atoms with E-state index in [1.807, 2.05) is 0 Å². The fourth-order valence-electron chi connectivity index (χ4n) is 2.77. The SMILES string of the molecule is OCC1=C(Cl)N=C(Cl)[N+]1(c1ccc(F)cc1Cl)c1ccc(F)cc1Cl. The Bertz CT molecular complexity index is 879. The van der Waals surface area contributed by atoms with Crippen molar-refractivity contribution in [3.05, 3.63) is 68.9 Å². The quantitative estimate of drug-likeness (QED) is 0.481. The number of halogens is 6. The Labute approximate surface area is 161 Å². The minimum Gasteiger partial charge on any atom is -0.386 e. The molecule has 1 heterocycles. The number of quaternary nitrogens is 1. The van der Waals surface area contributed by atoms with Crippen molar-refractivity contribution in [2.75, 3.05) is 6.61 Å². The van der Waals surface area contributed by atoms with E-state index in [0.717, 1.165) is 12.1 Å². The van der Waals surface area contributed by atoms with Crippen molar-refractivity contribution in [1.82, 2.24) is 4.48 Å². The Morgan fingerprint density at radius 3 is 1.76 bits per heavy atom. The Kier molecular flexibility index (Phi) is 5.08. The molecule has 0 saturated heterocycles. The molecule has 9 heteroatoms. The monoisotopic (exact) mass is 423 g/mol. The zero-order valence-electron chi connectivity index (χ0n) is 12.3. The summed E-state index contributed by atoms with van der Waals surface area (Å²) >= 11 is 25.0. The first-order valence-corrected chi connectivity index (χ1v) is 8.38. The van der Waals surface area contributed by atoms with Crippen molar-refractivity contribution >= 4 is 63.1 Å². The summed E-state index contributed by atoms with van der Waals surface area (Å²) in [6.07, 6.45) is 0. The lowest BCUT2D eigenvalue weighted by molar-refractivity contribution is 0.311. The third-order valence-electron chi connectivity index (χ3n) is 3.80. The van der Waals surface area contributed by atoms with E-state index in [0.29, 0.717) is 0 Å². The number of hydrogen-bond donors (Lipinski definition) is 1.